The zero-order valence-electron chi connectivity index (χ0n) is 12.6. The molecule has 1 aliphatic rings. The molecule has 1 heterocycles. The van der Waals surface area contributed by atoms with Crippen molar-refractivity contribution in [2.75, 3.05) is 19.1 Å². The van der Waals surface area contributed by atoms with E-state index in [4.69, 9.17) is 8.92 Å². The minimum absolute atomic E-state index is 0.0268. The molecule has 0 aliphatic carbocycles. The highest BCUT2D eigenvalue weighted by Gasteiger charge is 2.30. The number of hydrogen-bond acceptors (Lipinski definition) is 7. The van der Waals surface area contributed by atoms with Crippen molar-refractivity contribution in [3.8, 4) is 0 Å². The maximum Gasteiger partial charge on any atom is 0.264 e. The van der Waals surface area contributed by atoms with Gasteiger partial charge in [0.25, 0.3) is 20.2 Å². The average Bonchev–Trinajstić information content (AvgIpc) is 2.44. The minimum atomic E-state index is -3.55. The number of hydrogen-bond donors (Lipinski definition) is 0. The topological polar surface area (TPSA) is 96.0 Å². The quantitative estimate of drug-likeness (QED) is 0.503. The van der Waals surface area contributed by atoms with Gasteiger partial charge in [0.1, 0.15) is 6.10 Å². The van der Waals surface area contributed by atoms with Crippen LogP contribution >= 0.6 is 0 Å². The van der Waals surface area contributed by atoms with Crippen LogP contribution in [-0.2, 0) is 33.3 Å². The summed E-state index contributed by atoms with van der Waals surface area (Å²) in [4.78, 5) is 0. The third kappa shape index (κ3) is 8.72. The molecule has 1 rings (SSSR count). The van der Waals surface area contributed by atoms with E-state index < -0.39 is 26.3 Å². The van der Waals surface area contributed by atoms with Crippen LogP contribution in [0.5, 0.6) is 0 Å². The summed E-state index contributed by atoms with van der Waals surface area (Å²) in [6.07, 6.45) is 4.36. The predicted octanol–water partition coefficient (Wildman–Crippen LogP) is 1.05. The van der Waals surface area contributed by atoms with Crippen LogP contribution in [0.15, 0.2) is 0 Å². The van der Waals surface area contributed by atoms with Crippen molar-refractivity contribution in [1.29, 1.82) is 0 Å². The van der Waals surface area contributed by atoms with E-state index in [1.807, 2.05) is 6.92 Å². The fraction of sp³-hybridized carbons (Fsp3) is 1.00. The molecule has 0 aromatic rings. The van der Waals surface area contributed by atoms with Crippen LogP contribution < -0.4 is 0 Å². The van der Waals surface area contributed by atoms with Crippen molar-refractivity contribution < 1.29 is 29.9 Å². The van der Waals surface area contributed by atoms with Crippen molar-refractivity contribution in [1.82, 2.24) is 0 Å². The van der Waals surface area contributed by atoms with Crippen molar-refractivity contribution in [2.24, 2.45) is 0 Å². The Bertz CT molecular complexity index is 512. The molecule has 0 saturated carbocycles. The monoisotopic (exact) mass is 344 g/mol. The molecule has 0 aromatic heterocycles. The maximum atomic E-state index is 11.3. The van der Waals surface area contributed by atoms with Gasteiger partial charge in [-0.3, -0.25) is 8.37 Å². The van der Waals surface area contributed by atoms with Gasteiger partial charge in [-0.2, -0.15) is 16.8 Å². The molecule has 1 fully saturated rings. The average molecular weight is 344 g/mol. The molecule has 0 N–H and O–H groups in total. The zero-order valence-corrected chi connectivity index (χ0v) is 14.3. The Morgan fingerprint density at radius 2 is 1.76 bits per heavy atom. The molecule has 0 bridgehead atoms. The van der Waals surface area contributed by atoms with Crippen LogP contribution in [0.4, 0.5) is 0 Å². The van der Waals surface area contributed by atoms with Crippen molar-refractivity contribution >= 4 is 20.2 Å². The van der Waals surface area contributed by atoms with Gasteiger partial charge >= 0.3 is 0 Å². The lowest BCUT2D eigenvalue weighted by Gasteiger charge is -2.25. The van der Waals surface area contributed by atoms with E-state index in [-0.39, 0.29) is 18.8 Å². The highest BCUT2D eigenvalue weighted by Crippen LogP contribution is 2.25. The van der Waals surface area contributed by atoms with E-state index in [1.54, 1.807) is 0 Å². The van der Waals surface area contributed by atoms with E-state index >= 15 is 0 Å². The molecule has 21 heavy (non-hydrogen) atoms. The van der Waals surface area contributed by atoms with Gasteiger partial charge < -0.3 is 4.74 Å². The molecule has 9 heteroatoms. The summed E-state index contributed by atoms with van der Waals surface area (Å²) in [6, 6.07) is 0. The third-order valence-corrected chi connectivity index (χ3v) is 4.34. The lowest BCUT2D eigenvalue weighted by atomic mass is 10.0. The van der Waals surface area contributed by atoms with Crippen LogP contribution in [0.1, 0.15) is 39.0 Å². The lowest BCUT2D eigenvalue weighted by molar-refractivity contribution is -0.0530. The van der Waals surface area contributed by atoms with Gasteiger partial charge in [-0.15, -0.1) is 0 Å². The van der Waals surface area contributed by atoms with Gasteiger partial charge in [0, 0.05) is 0 Å². The third-order valence-electron chi connectivity index (χ3n) is 3.15. The second-order valence-corrected chi connectivity index (χ2v) is 8.67. The molecule has 126 valence electrons. The van der Waals surface area contributed by atoms with Crippen molar-refractivity contribution in [2.45, 2.75) is 57.3 Å². The molecule has 0 spiro atoms. The summed E-state index contributed by atoms with van der Waals surface area (Å²) in [7, 11) is -7.01. The van der Waals surface area contributed by atoms with Crippen molar-refractivity contribution in [3.63, 3.8) is 0 Å². The fourth-order valence-electron chi connectivity index (χ4n) is 2.33. The molecular formula is C12H24O7S2. The Kier molecular flexibility index (Phi) is 7.05. The SMILES string of the molecule is C[C@@H]1CCC[C@@H](OS(C)(=O)=O)[C@H](CCCOS(C)(=O)=O)O1. The predicted molar refractivity (Wildman–Crippen MR) is 77.9 cm³/mol. The Labute approximate surface area is 127 Å². The molecular weight excluding hydrogens is 320 g/mol. The second kappa shape index (κ2) is 7.87. The highest BCUT2D eigenvalue weighted by atomic mass is 32.2. The van der Waals surface area contributed by atoms with E-state index in [1.165, 1.54) is 0 Å². The van der Waals surface area contributed by atoms with Gasteiger partial charge in [0.2, 0.25) is 0 Å². The van der Waals surface area contributed by atoms with Gasteiger partial charge in [0.15, 0.2) is 0 Å². The molecule has 3 atom stereocenters. The molecule has 0 unspecified atom stereocenters. The van der Waals surface area contributed by atoms with Gasteiger partial charge in [-0.25, -0.2) is 0 Å². The molecule has 0 radical (unpaired) electrons. The maximum absolute atomic E-state index is 11.3. The molecule has 1 aliphatic heterocycles. The summed E-state index contributed by atoms with van der Waals surface area (Å²) in [5.41, 5.74) is 0. The zero-order chi connectivity index (χ0) is 16.1. The van der Waals surface area contributed by atoms with E-state index in [2.05, 4.69) is 4.18 Å². The van der Waals surface area contributed by atoms with Crippen LogP contribution in [0.25, 0.3) is 0 Å². The van der Waals surface area contributed by atoms with Gasteiger partial charge in [-0.1, -0.05) is 0 Å². The fourth-order valence-corrected chi connectivity index (χ4v) is 3.42. The first-order chi connectivity index (χ1) is 9.57. The number of ether oxygens (including phenoxy) is 1. The first kappa shape index (κ1) is 18.8. The molecule has 0 aromatic carbocycles. The smallest absolute Gasteiger partial charge is 0.264 e. The lowest BCUT2D eigenvalue weighted by Crippen LogP contribution is -2.33. The molecule has 1 saturated heterocycles. The summed E-state index contributed by atoms with van der Waals surface area (Å²) < 4.78 is 60.0. The van der Waals surface area contributed by atoms with Crippen LogP contribution in [-0.4, -0.2) is 54.3 Å². The minimum Gasteiger partial charge on any atom is -0.373 e. The van der Waals surface area contributed by atoms with Crippen LogP contribution in [0.2, 0.25) is 0 Å². The summed E-state index contributed by atoms with van der Waals surface area (Å²) >= 11 is 0. The van der Waals surface area contributed by atoms with E-state index in [0.717, 1.165) is 25.4 Å². The Hall–Kier alpha value is -0.220. The first-order valence-electron chi connectivity index (χ1n) is 6.95. The highest BCUT2D eigenvalue weighted by molar-refractivity contribution is 7.86. The number of rotatable bonds is 7. The molecule has 0 amide bonds. The van der Waals surface area contributed by atoms with E-state index in [0.29, 0.717) is 19.3 Å². The van der Waals surface area contributed by atoms with E-state index in [9.17, 15) is 16.8 Å². The summed E-state index contributed by atoms with van der Waals surface area (Å²) in [5.74, 6) is 0. The van der Waals surface area contributed by atoms with Crippen LogP contribution in [0.3, 0.4) is 0 Å². The Morgan fingerprint density at radius 3 is 2.33 bits per heavy atom. The van der Waals surface area contributed by atoms with Crippen LogP contribution in [0, 0.1) is 0 Å². The standard InChI is InChI=1S/C12H24O7S2/c1-10-6-4-7-12(19-21(3,15)16)11(18-10)8-5-9-17-20(2,13)14/h10-12H,4-9H2,1-3H3/t10-,11+,12-/m1/s1. The molecule has 7 nitrogen and oxygen atoms in total. The van der Waals surface area contributed by atoms with Gasteiger partial charge in [0.05, 0.1) is 31.3 Å². The summed E-state index contributed by atoms with van der Waals surface area (Å²) in [5, 5.41) is 0. The Balaban J connectivity index is 2.58. The summed E-state index contributed by atoms with van der Waals surface area (Å²) in [6.45, 7) is 1.99. The largest absolute Gasteiger partial charge is 0.373 e. The normalized spacial score (nSPS) is 28.2. The van der Waals surface area contributed by atoms with Gasteiger partial charge in [-0.05, 0) is 39.0 Å². The second-order valence-electron chi connectivity index (χ2n) is 5.42. The Morgan fingerprint density at radius 1 is 1.10 bits per heavy atom. The first-order valence-corrected chi connectivity index (χ1v) is 10.6. The van der Waals surface area contributed by atoms with Crippen molar-refractivity contribution in [3.05, 3.63) is 0 Å².